The molecule has 1 heterocycles. The molecule has 1 aliphatic heterocycles. The monoisotopic (exact) mass is 368 g/mol. The number of allylic oxidation sites excluding steroid dienone is 1. The minimum absolute atomic E-state index is 0. The molecule has 2 aromatic rings. The third kappa shape index (κ3) is 3.57. The zero-order valence-corrected chi connectivity index (χ0v) is 17.2. The van der Waals surface area contributed by atoms with Crippen molar-refractivity contribution in [3.8, 4) is 0 Å². The van der Waals surface area contributed by atoms with Crippen LogP contribution in [0.3, 0.4) is 0 Å². The van der Waals surface area contributed by atoms with E-state index in [4.69, 9.17) is 0 Å². The van der Waals surface area contributed by atoms with Gasteiger partial charge in [0.1, 0.15) is 7.05 Å². The molecule has 2 nitrogen and oxygen atoms in total. The second-order valence-electron chi connectivity index (χ2n) is 7.18. The number of benzene rings is 2. The normalized spacial score (nSPS) is 15.1. The van der Waals surface area contributed by atoms with Gasteiger partial charge in [0.2, 0.25) is 5.69 Å². The Kier molecular flexibility index (Phi) is 6.30. The van der Waals surface area contributed by atoms with Gasteiger partial charge in [-0.3, -0.25) is 0 Å². The molecule has 0 N–H and O–H groups in total. The molecule has 0 amide bonds. The van der Waals surface area contributed by atoms with Gasteiger partial charge in [-0.15, -0.1) is 0 Å². The van der Waals surface area contributed by atoms with E-state index in [9.17, 15) is 0 Å². The third-order valence-corrected chi connectivity index (χ3v) is 5.40. The van der Waals surface area contributed by atoms with Crippen molar-refractivity contribution in [2.75, 3.05) is 25.0 Å². The van der Waals surface area contributed by atoms with Crippen LogP contribution in [0.5, 0.6) is 0 Å². The molecular formula is C23H29ClN2. The lowest BCUT2D eigenvalue weighted by Gasteiger charge is -2.20. The van der Waals surface area contributed by atoms with Gasteiger partial charge in [-0.05, 0) is 51.5 Å². The number of halogens is 1. The molecule has 0 aliphatic carbocycles. The molecule has 3 rings (SSSR count). The summed E-state index contributed by atoms with van der Waals surface area (Å²) < 4.78 is 2.32. The summed E-state index contributed by atoms with van der Waals surface area (Å²) in [6.07, 6.45) is 4.50. The zero-order chi connectivity index (χ0) is 18.0. The molecule has 0 radical (unpaired) electrons. The summed E-state index contributed by atoms with van der Waals surface area (Å²) in [5, 5.41) is 0. The van der Waals surface area contributed by atoms with Crippen LogP contribution in [0.15, 0.2) is 54.6 Å². The topological polar surface area (TPSA) is 6.25 Å². The van der Waals surface area contributed by atoms with Crippen LogP contribution in [0, 0.1) is 0 Å². The number of rotatable bonds is 5. The molecule has 0 aromatic heterocycles. The molecule has 0 saturated carbocycles. The van der Waals surface area contributed by atoms with E-state index in [0.29, 0.717) is 0 Å². The molecule has 0 bridgehead atoms. The van der Waals surface area contributed by atoms with Crippen LogP contribution in [0.4, 0.5) is 11.4 Å². The van der Waals surface area contributed by atoms with Gasteiger partial charge in [0.25, 0.3) is 0 Å². The van der Waals surface area contributed by atoms with Crippen LogP contribution in [0.1, 0.15) is 38.8 Å². The molecule has 0 spiro atoms. The molecule has 0 atom stereocenters. The number of fused-ring (bicyclic) bond motifs is 1. The number of para-hydroxylation sites is 1. The lowest BCUT2D eigenvalue weighted by Crippen LogP contribution is -3.00. The Bertz CT molecular complexity index is 812. The fraction of sp³-hybridized carbons (Fsp3) is 0.348. The lowest BCUT2D eigenvalue weighted by molar-refractivity contribution is -0.401. The minimum Gasteiger partial charge on any atom is -1.00 e. The van der Waals surface area contributed by atoms with Crippen molar-refractivity contribution in [3.05, 3.63) is 65.7 Å². The molecule has 0 saturated heterocycles. The largest absolute Gasteiger partial charge is 1.00 e. The summed E-state index contributed by atoms with van der Waals surface area (Å²) in [4.78, 5) is 2.37. The van der Waals surface area contributed by atoms with Crippen LogP contribution in [0.2, 0.25) is 0 Å². The summed E-state index contributed by atoms with van der Waals surface area (Å²) >= 11 is 0. The maximum Gasteiger partial charge on any atom is 0.209 e. The van der Waals surface area contributed by atoms with Crippen molar-refractivity contribution in [2.24, 2.45) is 0 Å². The average Bonchev–Trinajstić information content (AvgIpc) is 2.82. The molecule has 1 aliphatic rings. The van der Waals surface area contributed by atoms with E-state index in [1.807, 2.05) is 0 Å². The van der Waals surface area contributed by atoms with Gasteiger partial charge >= 0.3 is 0 Å². The van der Waals surface area contributed by atoms with Gasteiger partial charge in [-0.1, -0.05) is 30.3 Å². The summed E-state index contributed by atoms with van der Waals surface area (Å²) in [5.41, 5.74) is 6.60. The van der Waals surface area contributed by atoms with Crippen molar-refractivity contribution in [3.63, 3.8) is 0 Å². The predicted octanol–water partition coefficient (Wildman–Crippen LogP) is 2.26. The predicted molar refractivity (Wildman–Crippen MR) is 109 cm³/mol. The van der Waals surface area contributed by atoms with E-state index in [1.165, 1.54) is 28.2 Å². The summed E-state index contributed by atoms with van der Waals surface area (Å²) in [6.45, 7) is 11.1. The van der Waals surface area contributed by atoms with Crippen molar-refractivity contribution < 1.29 is 17.0 Å². The van der Waals surface area contributed by atoms with Gasteiger partial charge in [0.05, 0.1) is 5.41 Å². The van der Waals surface area contributed by atoms with E-state index in [2.05, 4.69) is 105 Å². The first-order valence-corrected chi connectivity index (χ1v) is 9.22. The lowest BCUT2D eigenvalue weighted by atomic mass is 9.81. The molecular weight excluding hydrogens is 340 g/mol. The fourth-order valence-corrected chi connectivity index (χ4v) is 3.86. The molecule has 138 valence electrons. The Hall–Kier alpha value is -2.06. The smallest absolute Gasteiger partial charge is 0.209 e. The Morgan fingerprint density at radius 2 is 1.54 bits per heavy atom. The minimum atomic E-state index is 0. The van der Waals surface area contributed by atoms with Crippen molar-refractivity contribution in [1.82, 2.24) is 0 Å². The molecule has 0 unspecified atom stereocenters. The molecule has 2 aromatic carbocycles. The Morgan fingerprint density at radius 1 is 0.923 bits per heavy atom. The molecule has 0 fully saturated rings. The van der Waals surface area contributed by atoms with Crippen molar-refractivity contribution in [1.29, 1.82) is 0 Å². The van der Waals surface area contributed by atoms with E-state index in [1.54, 1.807) is 0 Å². The number of anilines is 1. The SMILES string of the molecule is CCN(CC)c1ccc(C=CC2=[N+](C)c3ccccc3C2(C)C)cc1.[Cl-]. The average molecular weight is 369 g/mol. The van der Waals surface area contributed by atoms with E-state index in [-0.39, 0.29) is 17.8 Å². The quantitative estimate of drug-likeness (QED) is 0.734. The van der Waals surface area contributed by atoms with Crippen LogP contribution < -0.4 is 17.3 Å². The van der Waals surface area contributed by atoms with Crippen LogP contribution >= 0.6 is 0 Å². The Morgan fingerprint density at radius 3 is 2.12 bits per heavy atom. The second-order valence-corrected chi connectivity index (χ2v) is 7.18. The van der Waals surface area contributed by atoms with Gasteiger partial charge in [-0.2, -0.15) is 4.58 Å². The summed E-state index contributed by atoms with van der Waals surface area (Å²) in [5.74, 6) is 0. The van der Waals surface area contributed by atoms with E-state index >= 15 is 0 Å². The first-order valence-electron chi connectivity index (χ1n) is 9.22. The highest BCUT2D eigenvalue weighted by molar-refractivity contribution is 6.05. The van der Waals surface area contributed by atoms with Crippen molar-refractivity contribution >= 4 is 23.2 Å². The highest BCUT2D eigenvalue weighted by Crippen LogP contribution is 2.39. The summed E-state index contributed by atoms with van der Waals surface area (Å²) in [6, 6.07) is 17.5. The van der Waals surface area contributed by atoms with E-state index < -0.39 is 0 Å². The summed E-state index contributed by atoms with van der Waals surface area (Å²) in [7, 11) is 2.16. The van der Waals surface area contributed by atoms with Gasteiger partial charge in [0.15, 0.2) is 5.71 Å². The molecule has 3 heteroatoms. The van der Waals surface area contributed by atoms with Crippen LogP contribution in [0.25, 0.3) is 6.08 Å². The zero-order valence-electron chi connectivity index (χ0n) is 16.5. The first-order chi connectivity index (χ1) is 12.0. The third-order valence-electron chi connectivity index (χ3n) is 5.40. The van der Waals surface area contributed by atoms with Gasteiger partial charge in [0, 0.05) is 36.5 Å². The standard InChI is InChI=1S/C23H29N2.ClH/c1-6-25(7-2)19-15-12-18(13-16-19)14-17-22-23(3,4)20-10-8-9-11-21(20)24(22)5;/h8-17H,6-7H2,1-5H3;1H/q+1;/p-1. The van der Waals surface area contributed by atoms with E-state index in [0.717, 1.165) is 13.1 Å². The second kappa shape index (κ2) is 8.09. The van der Waals surface area contributed by atoms with Gasteiger partial charge < -0.3 is 17.3 Å². The van der Waals surface area contributed by atoms with Gasteiger partial charge in [-0.25, -0.2) is 0 Å². The maximum absolute atomic E-state index is 2.37. The van der Waals surface area contributed by atoms with Crippen LogP contribution in [-0.4, -0.2) is 30.4 Å². The first kappa shape index (κ1) is 20.3. The highest BCUT2D eigenvalue weighted by Gasteiger charge is 2.42. The highest BCUT2D eigenvalue weighted by atomic mass is 35.5. The fourth-order valence-electron chi connectivity index (χ4n) is 3.86. The Balaban J connectivity index is 0.00000243. The maximum atomic E-state index is 2.37. The molecule has 26 heavy (non-hydrogen) atoms. The van der Waals surface area contributed by atoms with Crippen LogP contribution in [-0.2, 0) is 5.41 Å². The number of nitrogens with zero attached hydrogens (tertiary/aromatic N) is 2. The number of hydrogen-bond acceptors (Lipinski definition) is 1. The number of hydrogen-bond donors (Lipinski definition) is 0. The van der Waals surface area contributed by atoms with Crippen molar-refractivity contribution in [2.45, 2.75) is 33.1 Å². The Labute approximate surface area is 164 Å².